The summed E-state index contributed by atoms with van der Waals surface area (Å²) in [7, 11) is 0. The fourth-order valence-electron chi connectivity index (χ4n) is 1.66. The molecule has 1 amide bonds. The summed E-state index contributed by atoms with van der Waals surface area (Å²) in [6, 6.07) is 0. The van der Waals surface area contributed by atoms with E-state index in [2.05, 4.69) is 17.3 Å². The molecular formula is C12H22N4O. The van der Waals surface area contributed by atoms with Crippen LogP contribution in [0.5, 0.6) is 0 Å². The summed E-state index contributed by atoms with van der Waals surface area (Å²) in [6.07, 6.45) is 9.84. The van der Waals surface area contributed by atoms with Crippen LogP contribution in [0.15, 0.2) is 12.4 Å². The Morgan fingerprint density at radius 1 is 1.41 bits per heavy atom. The zero-order valence-electron chi connectivity index (χ0n) is 10.5. The standard InChI is InChI=1S/C12H22N4O/c1-2-3-4-5-6-7-14-11-8-15-16(9-11)10-12(13)17/h8-9,14H,2-7,10H2,1H3,(H2,13,17). The van der Waals surface area contributed by atoms with E-state index in [4.69, 9.17) is 5.73 Å². The normalized spacial score (nSPS) is 10.4. The van der Waals surface area contributed by atoms with Gasteiger partial charge in [-0.05, 0) is 6.42 Å². The predicted molar refractivity (Wildman–Crippen MR) is 68.7 cm³/mol. The Bertz CT molecular complexity index is 335. The highest BCUT2D eigenvalue weighted by atomic mass is 16.1. The molecule has 0 unspecified atom stereocenters. The Kier molecular flexibility index (Phi) is 6.14. The number of amides is 1. The fourth-order valence-corrected chi connectivity index (χ4v) is 1.66. The van der Waals surface area contributed by atoms with Gasteiger partial charge < -0.3 is 11.1 Å². The molecule has 0 aliphatic rings. The summed E-state index contributed by atoms with van der Waals surface area (Å²) < 4.78 is 1.54. The second-order valence-electron chi connectivity index (χ2n) is 4.23. The predicted octanol–water partition coefficient (Wildman–Crippen LogP) is 1.75. The average molecular weight is 238 g/mol. The number of anilines is 1. The van der Waals surface area contributed by atoms with E-state index < -0.39 is 0 Å². The molecule has 1 aromatic rings. The lowest BCUT2D eigenvalue weighted by Crippen LogP contribution is -2.18. The largest absolute Gasteiger partial charge is 0.383 e. The second-order valence-corrected chi connectivity index (χ2v) is 4.23. The highest BCUT2D eigenvalue weighted by molar-refractivity contribution is 5.73. The minimum Gasteiger partial charge on any atom is -0.383 e. The van der Waals surface area contributed by atoms with Crippen molar-refractivity contribution in [1.29, 1.82) is 0 Å². The van der Waals surface area contributed by atoms with Crippen molar-refractivity contribution in [2.75, 3.05) is 11.9 Å². The molecule has 0 fully saturated rings. The van der Waals surface area contributed by atoms with Crippen molar-refractivity contribution in [2.45, 2.75) is 45.6 Å². The monoisotopic (exact) mass is 238 g/mol. The van der Waals surface area contributed by atoms with Crippen LogP contribution in [0, 0.1) is 0 Å². The molecule has 0 bridgehead atoms. The van der Waals surface area contributed by atoms with E-state index in [1.807, 2.05) is 0 Å². The number of carbonyl (C=O) groups excluding carboxylic acids is 1. The zero-order chi connectivity index (χ0) is 12.5. The summed E-state index contributed by atoms with van der Waals surface area (Å²) in [5, 5.41) is 7.32. The van der Waals surface area contributed by atoms with E-state index >= 15 is 0 Å². The first-order valence-corrected chi connectivity index (χ1v) is 6.27. The lowest BCUT2D eigenvalue weighted by atomic mass is 10.1. The molecule has 3 N–H and O–H groups in total. The second kappa shape index (κ2) is 7.70. The summed E-state index contributed by atoms with van der Waals surface area (Å²) in [6.45, 7) is 3.30. The van der Waals surface area contributed by atoms with Crippen LogP contribution >= 0.6 is 0 Å². The van der Waals surface area contributed by atoms with Gasteiger partial charge in [0.2, 0.25) is 5.91 Å². The first-order valence-electron chi connectivity index (χ1n) is 6.27. The molecule has 0 aromatic carbocycles. The lowest BCUT2D eigenvalue weighted by Gasteiger charge is -2.02. The molecule has 0 aliphatic heterocycles. The minimum atomic E-state index is -0.376. The SMILES string of the molecule is CCCCCCCNc1cnn(CC(N)=O)c1. The summed E-state index contributed by atoms with van der Waals surface area (Å²) in [4.78, 5) is 10.7. The van der Waals surface area contributed by atoms with E-state index in [-0.39, 0.29) is 12.5 Å². The van der Waals surface area contributed by atoms with Crippen molar-refractivity contribution in [3.05, 3.63) is 12.4 Å². The molecule has 0 saturated carbocycles. The van der Waals surface area contributed by atoms with Gasteiger partial charge in [-0.2, -0.15) is 5.10 Å². The minimum absolute atomic E-state index is 0.137. The number of hydrogen-bond acceptors (Lipinski definition) is 3. The number of nitrogens with two attached hydrogens (primary N) is 1. The van der Waals surface area contributed by atoms with Crippen LogP contribution < -0.4 is 11.1 Å². The van der Waals surface area contributed by atoms with E-state index in [0.717, 1.165) is 12.2 Å². The highest BCUT2D eigenvalue weighted by Crippen LogP contribution is 2.06. The molecule has 5 nitrogen and oxygen atoms in total. The zero-order valence-corrected chi connectivity index (χ0v) is 10.5. The van der Waals surface area contributed by atoms with Crippen molar-refractivity contribution in [3.63, 3.8) is 0 Å². The molecule has 1 rings (SSSR count). The van der Waals surface area contributed by atoms with Crippen molar-refractivity contribution >= 4 is 11.6 Å². The third-order valence-corrected chi connectivity index (χ3v) is 2.56. The maximum Gasteiger partial charge on any atom is 0.239 e. The van der Waals surface area contributed by atoms with Gasteiger partial charge in [-0.15, -0.1) is 0 Å². The summed E-state index contributed by atoms with van der Waals surface area (Å²) >= 11 is 0. The number of aromatic nitrogens is 2. The van der Waals surface area contributed by atoms with Gasteiger partial charge in [-0.25, -0.2) is 0 Å². The fraction of sp³-hybridized carbons (Fsp3) is 0.667. The maximum atomic E-state index is 10.7. The summed E-state index contributed by atoms with van der Waals surface area (Å²) in [5.74, 6) is -0.376. The van der Waals surface area contributed by atoms with Crippen molar-refractivity contribution in [3.8, 4) is 0 Å². The Labute approximate surface area is 102 Å². The molecule has 0 radical (unpaired) electrons. The van der Waals surface area contributed by atoms with Crippen LogP contribution in [0.4, 0.5) is 5.69 Å². The smallest absolute Gasteiger partial charge is 0.239 e. The van der Waals surface area contributed by atoms with Crippen LogP contribution in [-0.4, -0.2) is 22.2 Å². The molecular weight excluding hydrogens is 216 g/mol. The van der Waals surface area contributed by atoms with Crippen molar-refractivity contribution in [2.24, 2.45) is 5.73 Å². The third kappa shape index (κ3) is 5.94. The number of primary amides is 1. The quantitative estimate of drug-likeness (QED) is 0.644. The van der Waals surface area contributed by atoms with Gasteiger partial charge in [-0.1, -0.05) is 32.6 Å². The Balaban J connectivity index is 2.14. The van der Waals surface area contributed by atoms with E-state index in [1.165, 1.54) is 32.1 Å². The highest BCUT2D eigenvalue weighted by Gasteiger charge is 2.00. The van der Waals surface area contributed by atoms with Gasteiger partial charge in [0.15, 0.2) is 0 Å². The van der Waals surface area contributed by atoms with Crippen molar-refractivity contribution < 1.29 is 4.79 Å². The lowest BCUT2D eigenvalue weighted by molar-refractivity contribution is -0.118. The molecule has 5 heteroatoms. The van der Waals surface area contributed by atoms with Gasteiger partial charge in [0.25, 0.3) is 0 Å². The molecule has 0 atom stereocenters. The van der Waals surface area contributed by atoms with Crippen LogP contribution in [-0.2, 0) is 11.3 Å². The number of nitrogens with zero attached hydrogens (tertiary/aromatic N) is 2. The van der Waals surface area contributed by atoms with Gasteiger partial charge in [0.05, 0.1) is 11.9 Å². The molecule has 1 heterocycles. The van der Waals surface area contributed by atoms with Crippen LogP contribution in [0.2, 0.25) is 0 Å². The van der Waals surface area contributed by atoms with Crippen LogP contribution in [0.3, 0.4) is 0 Å². The molecule has 0 saturated heterocycles. The van der Waals surface area contributed by atoms with E-state index in [9.17, 15) is 4.79 Å². The molecule has 17 heavy (non-hydrogen) atoms. The maximum absolute atomic E-state index is 10.7. The Morgan fingerprint density at radius 2 is 2.18 bits per heavy atom. The van der Waals surface area contributed by atoms with E-state index in [1.54, 1.807) is 17.1 Å². The van der Waals surface area contributed by atoms with E-state index in [0.29, 0.717) is 0 Å². The van der Waals surface area contributed by atoms with Gasteiger partial charge >= 0.3 is 0 Å². The van der Waals surface area contributed by atoms with Gasteiger partial charge in [0.1, 0.15) is 6.54 Å². The molecule has 1 aromatic heterocycles. The molecule has 0 aliphatic carbocycles. The number of unbranched alkanes of at least 4 members (excludes halogenated alkanes) is 4. The Hall–Kier alpha value is -1.52. The first kappa shape index (κ1) is 13.5. The number of carbonyl (C=O) groups is 1. The Morgan fingerprint density at radius 3 is 2.88 bits per heavy atom. The number of nitrogens with one attached hydrogen (secondary N) is 1. The number of rotatable bonds is 9. The first-order chi connectivity index (χ1) is 8.22. The molecule has 0 spiro atoms. The van der Waals surface area contributed by atoms with Crippen molar-refractivity contribution in [1.82, 2.24) is 9.78 Å². The average Bonchev–Trinajstić information content (AvgIpc) is 2.70. The number of hydrogen-bond donors (Lipinski definition) is 2. The van der Waals surface area contributed by atoms with Gasteiger partial charge in [-0.3, -0.25) is 9.48 Å². The summed E-state index contributed by atoms with van der Waals surface area (Å²) in [5.41, 5.74) is 6.03. The van der Waals surface area contributed by atoms with Crippen LogP contribution in [0.25, 0.3) is 0 Å². The third-order valence-electron chi connectivity index (χ3n) is 2.56. The van der Waals surface area contributed by atoms with Crippen LogP contribution in [0.1, 0.15) is 39.0 Å². The van der Waals surface area contributed by atoms with Gasteiger partial charge in [0, 0.05) is 12.7 Å². The molecule has 96 valence electrons. The topological polar surface area (TPSA) is 72.9 Å².